The fourth-order valence-corrected chi connectivity index (χ4v) is 2.09. The van der Waals surface area contributed by atoms with Crippen LogP contribution in [0.2, 0.25) is 0 Å². The first-order valence-corrected chi connectivity index (χ1v) is 6.33. The summed E-state index contributed by atoms with van der Waals surface area (Å²) < 4.78 is 5.10. The number of benzene rings is 1. The fourth-order valence-electron chi connectivity index (χ4n) is 2.09. The molecule has 3 heteroatoms. The molecule has 0 saturated carbocycles. The van der Waals surface area contributed by atoms with Crippen LogP contribution in [0.15, 0.2) is 36.4 Å². The highest BCUT2D eigenvalue weighted by atomic mass is 16.6. The number of hydrogen-bond acceptors (Lipinski definition) is 2. The van der Waals surface area contributed by atoms with E-state index in [4.69, 9.17) is 4.74 Å². The van der Waals surface area contributed by atoms with E-state index in [1.165, 1.54) is 0 Å². The van der Waals surface area contributed by atoms with E-state index < -0.39 is 0 Å². The van der Waals surface area contributed by atoms with E-state index in [-0.39, 0.29) is 12.1 Å². The van der Waals surface area contributed by atoms with E-state index >= 15 is 0 Å². The van der Waals surface area contributed by atoms with Crippen molar-refractivity contribution < 1.29 is 9.53 Å². The van der Waals surface area contributed by atoms with Crippen molar-refractivity contribution in [1.29, 1.82) is 0 Å². The molecule has 3 nitrogen and oxygen atoms in total. The standard InChI is InChI=1S/C15H19NO2/c1-12(2)14-11-18-15(17)16(14)10-6-9-13-7-4-3-5-8-13/h3-9,12,14H,10-11H2,1-2H3/t14-/m0/s1. The van der Waals surface area contributed by atoms with Crippen molar-refractivity contribution in [3.05, 3.63) is 42.0 Å². The molecule has 0 spiro atoms. The quantitative estimate of drug-likeness (QED) is 0.815. The minimum Gasteiger partial charge on any atom is -0.447 e. The van der Waals surface area contributed by atoms with Crippen molar-refractivity contribution >= 4 is 12.2 Å². The molecule has 0 aliphatic carbocycles. The van der Waals surface area contributed by atoms with Crippen LogP contribution < -0.4 is 0 Å². The van der Waals surface area contributed by atoms with Crippen LogP contribution in [0, 0.1) is 5.92 Å². The SMILES string of the molecule is CC(C)[C@@H]1COC(=O)N1CC=Cc1ccccc1. The fraction of sp³-hybridized carbons (Fsp3) is 0.400. The Balaban J connectivity index is 1.96. The van der Waals surface area contributed by atoms with Gasteiger partial charge in [0.25, 0.3) is 0 Å². The Hall–Kier alpha value is -1.77. The minimum absolute atomic E-state index is 0.193. The van der Waals surface area contributed by atoms with Crippen molar-refractivity contribution in [3.63, 3.8) is 0 Å². The number of rotatable bonds is 4. The number of carbonyl (C=O) groups excluding carboxylic acids is 1. The normalized spacial score (nSPS) is 19.8. The van der Waals surface area contributed by atoms with Crippen LogP contribution in [-0.4, -0.2) is 30.2 Å². The van der Waals surface area contributed by atoms with Gasteiger partial charge in [-0.1, -0.05) is 56.3 Å². The second kappa shape index (κ2) is 5.71. The van der Waals surface area contributed by atoms with Gasteiger partial charge < -0.3 is 4.74 Å². The number of cyclic esters (lactones) is 1. The second-order valence-corrected chi connectivity index (χ2v) is 4.85. The molecule has 1 heterocycles. The maximum atomic E-state index is 11.6. The Morgan fingerprint density at radius 1 is 1.39 bits per heavy atom. The van der Waals surface area contributed by atoms with Gasteiger partial charge in [-0.25, -0.2) is 4.79 Å². The highest BCUT2D eigenvalue weighted by Crippen LogP contribution is 2.19. The summed E-state index contributed by atoms with van der Waals surface area (Å²) in [6.07, 6.45) is 3.84. The molecule has 1 amide bonds. The van der Waals surface area contributed by atoms with Gasteiger partial charge in [-0.2, -0.15) is 0 Å². The first kappa shape index (κ1) is 12.7. The van der Waals surface area contributed by atoms with Crippen LogP contribution in [0.3, 0.4) is 0 Å². The molecule has 18 heavy (non-hydrogen) atoms. The van der Waals surface area contributed by atoms with E-state index in [9.17, 15) is 4.79 Å². The summed E-state index contributed by atoms with van der Waals surface area (Å²) in [7, 11) is 0. The van der Waals surface area contributed by atoms with Gasteiger partial charge in [0.05, 0.1) is 6.04 Å². The molecule has 96 valence electrons. The molecule has 1 aliphatic heterocycles. The first-order chi connectivity index (χ1) is 8.68. The topological polar surface area (TPSA) is 29.5 Å². The van der Waals surface area contributed by atoms with Gasteiger partial charge >= 0.3 is 6.09 Å². The lowest BCUT2D eigenvalue weighted by molar-refractivity contribution is 0.160. The first-order valence-electron chi connectivity index (χ1n) is 6.33. The largest absolute Gasteiger partial charge is 0.447 e. The number of ether oxygens (including phenoxy) is 1. The lowest BCUT2D eigenvalue weighted by Crippen LogP contribution is -2.37. The van der Waals surface area contributed by atoms with Crippen LogP contribution in [0.1, 0.15) is 19.4 Å². The molecule has 0 bridgehead atoms. The summed E-state index contributed by atoms with van der Waals surface area (Å²) in [5, 5.41) is 0. The predicted molar refractivity (Wildman–Crippen MR) is 72.2 cm³/mol. The Labute approximate surface area is 108 Å². The highest BCUT2D eigenvalue weighted by molar-refractivity contribution is 5.70. The summed E-state index contributed by atoms with van der Waals surface area (Å²) in [6.45, 7) is 5.34. The summed E-state index contributed by atoms with van der Waals surface area (Å²) in [5.74, 6) is 0.418. The molecule has 1 saturated heterocycles. The summed E-state index contributed by atoms with van der Waals surface area (Å²) in [6, 6.07) is 10.3. The molecule has 1 aliphatic rings. The molecular weight excluding hydrogens is 226 g/mol. The zero-order valence-electron chi connectivity index (χ0n) is 10.9. The second-order valence-electron chi connectivity index (χ2n) is 4.85. The highest BCUT2D eigenvalue weighted by Gasteiger charge is 2.33. The number of carbonyl (C=O) groups is 1. The Kier molecular flexibility index (Phi) is 4.03. The summed E-state index contributed by atoms with van der Waals surface area (Å²) in [4.78, 5) is 13.4. The van der Waals surface area contributed by atoms with Crippen molar-refractivity contribution in [2.24, 2.45) is 5.92 Å². The Morgan fingerprint density at radius 3 is 2.78 bits per heavy atom. The smallest absolute Gasteiger partial charge is 0.410 e. The third kappa shape index (κ3) is 2.92. The van der Waals surface area contributed by atoms with Gasteiger partial charge in [0.15, 0.2) is 0 Å². The molecule has 0 aromatic heterocycles. The van der Waals surface area contributed by atoms with Crippen molar-refractivity contribution in [1.82, 2.24) is 4.90 Å². The van der Waals surface area contributed by atoms with Crippen molar-refractivity contribution in [2.75, 3.05) is 13.2 Å². The zero-order chi connectivity index (χ0) is 13.0. The monoisotopic (exact) mass is 245 g/mol. The average Bonchev–Trinajstić information content (AvgIpc) is 2.73. The van der Waals surface area contributed by atoms with E-state index in [0.29, 0.717) is 19.1 Å². The van der Waals surface area contributed by atoms with Gasteiger partial charge in [-0.05, 0) is 11.5 Å². The van der Waals surface area contributed by atoms with E-state index in [1.54, 1.807) is 4.90 Å². The van der Waals surface area contributed by atoms with Gasteiger partial charge in [0, 0.05) is 6.54 Å². The molecule has 2 rings (SSSR count). The van der Waals surface area contributed by atoms with Crippen LogP contribution in [-0.2, 0) is 4.74 Å². The average molecular weight is 245 g/mol. The molecule has 1 atom stereocenters. The molecule has 0 unspecified atom stereocenters. The van der Waals surface area contributed by atoms with Gasteiger partial charge in [0.1, 0.15) is 6.61 Å². The zero-order valence-corrected chi connectivity index (χ0v) is 10.9. The number of nitrogens with zero attached hydrogens (tertiary/aromatic N) is 1. The molecule has 0 N–H and O–H groups in total. The predicted octanol–water partition coefficient (Wildman–Crippen LogP) is 3.18. The van der Waals surface area contributed by atoms with E-state index in [2.05, 4.69) is 13.8 Å². The Morgan fingerprint density at radius 2 is 2.11 bits per heavy atom. The maximum absolute atomic E-state index is 11.6. The molecular formula is C15H19NO2. The van der Waals surface area contributed by atoms with Crippen LogP contribution in [0.25, 0.3) is 6.08 Å². The van der Waals surface area contributed by atoms with Gasteiger partial charge in [0.2, 0.25) is 0 Å². The summed E-state index contributed by atoms with van der Waals surface area (Å²) in [5.41, 5.74) is 1.14. The van der Waals surface area contributed by atoms with Crippen LogP contribution in [0.5, 0.6) is 0 Å². The van der Waals surface area contributed by atoms with Gasteiger partial charge in [-0.3, -0.25) is 4.90 Å². The minimum atomic E-state index is -0.202. The lowest BCUT2D eigenvalue weighted by Gasteiger charge is -2.22. The third-order valence-corrected chi connectivity index (χ3v) is 3.19. The van der Waals surface area contributed by atoms with E-state index in [1.807, 2.05) is 42.5 Å². The van der Waals surface area contributed by atoms with Crippen molar-refractivity contribution in [3.8, 4) is 0 Å². The Bertz CT molecular complexity index is 425. The maximum Gasteiger partial charge on any atom is 0.410 e. The number of hydrogen-bond donors (Lipinski definition) is 0. The number of amides is 1. The summed E-state index contributed by atoms with van der Waals surface area (Å²) >= 11 is 0. The molecule has 1 fully saturated rings. The molecule has 0 radical (unpaired) electrons. The molecule has 1 aromatic rings. The lowest BCUT2D eigenvalue weighted by atomic mass is 10.0. The van der Waals surface area contributed by atoms with Crippen LogP contribution in [0.4, 0.5) is 4.79 Å². The van der Waals surface area contributed by atoms with Crippen molar-refractivity contribution in [2.45, 2.75) is 19.9 Å². The van der Waals surface area contributed by atoms with E-state index in [0.717, 1.165) is 5.56 Å². The van der Waals surface area contributed by atoms with Gasteiger partial charge in [-0.15, -0.1) is 0 Å². The third-order valence-electron chi connectivity index (χ3n) is 3.19. The van der Waals surface area contributed by atoms with Crippen LogP contribution >= 0.6 is 0 Å². The molecule has 1 aromatic carbocycles.